The van der Waals surface area contributed by atoms with E-state index in [1.807, 2.05) is 12.1 Å². The highest BCUT2D eigenvalue weighted by Gasteiger charge is 2.18. The Morgan fingerprint density at radius 1 is 1.50 bits per heavy atom. The van der Waals surface area contributed by atoms with Crippen molar-refractivity contribution in [2.45, 2.75) is 12.8 Å². The molecule has 0 fully saturated rings. The number of rotatable bonds is 2. The van der Waals surface area contributed by atoms with E-state index in [1.165, 1.54) is 0 Å². The molecular weight excluding hydrogens is 265 g/mol. The molecule has 1 amide bonds. The van der Waals surface area contributed by atoms with Gasteiger partial charge in [-0.3, -0.25) is 4.79 Å². The lowest BCUT2D eigenvalue weighted by Gasteiger charge is -2.05. The molecule has 0 atom stereocenters. The van der Waals surface area contributed by atoms with Crippen LogP contribution in [-0.2, 0) is 17.6 Å². The summed E-state index contributed by atoms with van der Waals surface area (Å²) in [5, 5.41) is 2.81. The molecule has 1 N–H and O–H groups in total. The van der Waals surface area contributed by atoms with Crippen LogP contribution in [0.15, 0.2) is 16.6 Å². The van der Waals surface area contributed by atoms with E-state index in [0.717, 1.165) is 27.7 Å². The van der Waals surface area contributed by atoms with Gasteiger partial charge in [0.25, 0.3) is 0 Å². The van der Waals surface area contributed by atoms with Gasteiger partial charge in [-0.15, -0.1) is 11.6 Å². The lowest BCUT2D eigenvalue weighted by Crippen LogP contribution is -2.03. The van der Waals surface area contributed by atoms with Gasteiger partial charge in [0.15, 0.2) is 0 Å². The first-order valence-corrected chi connectivity index (χ1v) is 5.70. The van der Waals surface area contributed by atoms with Crippen molar-refractivity contribution in [3.8, 4) is 0 Å². The number of benzene rings is 1. The van der Waals surface area contributed by atoms with Crippen LogP contribution in [0.5, 0.6) is 0 Å². The van der Waals surface area contributed by atoms with E-state index >= 15 is 0 Å². The van der Waals surface area contributed by atoms with E-state index < -0.39 is 0 Å². The minimum absolute atomic E-state index is 0.0647. The number of aryl methyl sites for hydroxylation is 1. The molecule has 1 heterocycles. The van der Waals surface area contributed by atoms with Gasteiger partial charge in [0.05, 0.1) is 6.42 Å². The zero-order valence-corrected chi connectivity index (χ0v) is 9.78. The topological polar surface area (TPSA) is 29.1 Å². The molecule has 1 aliphatic heterocycles. The Balaban J connectivity index is 2.39. The normalized spacial score (nSPS) is 14.0. The maximum atomic E-state index is 11.1. The molecule has 1 aromatic carbocycles. The van der Waals surface area contributed by atoms with Gasteiger partial charge >= 0.3 is 0 Å². The van der Waals surface area contributed by atoms with Gasteiger partial charge in [-0.25, -0.2) is 0 Å². The van der Waals surface area contributed by atoms with Crippen LogP contribution in [-0.4, -0.2) is 11.8 Å². The molecule has 0 aromatic heterocycles. The van der Waals surface area contributed by atoms with Crippen LogP contribution >= 0.6 is 27.5 Å². The summed E-state index contributed by atoms with van der Waals surface area (Å²) in [6, 6.07) is 3.99. The van der Waals surface area contributed by atoms with Crippen LogP contribution in [0.25, 0.3) is 0 Å². The second-order valence-corrected chi connectivity index (χ2v) is 4.50. The third-order valence-electron chi connectivity index (χ3n) is 2.26. The number of halogens is 2. The third kappa shape index (κ3) is 1.79. The highest BCUT2D eigenvalue weighted by atomic mass is 79.9. The Morgan fingerprint density at radius 2 is 2.29 bits per heavy atom. The minimum atomic E-state index is 0.0647. The van der Waals surface area contributed by atoms with E-state index in [1.54, 1.807) is 0 Å². The van der Waals surface area contributed by atoms with Crippen molar-refractivity contribution in [3.63, 3.8) is 0 Å². The monoisotopic (exact) mass is 273 g/mol. The average Bonchev–Trinajstić information content (AvgIpc) is 2.45. The first-order valence-electron chi connectivity index (χ1n) is 4.38. The Hall–Kier alpha value is -0.540. The fourth-order valence-electron chi connectivity index (χ4n) is 1.59. The van der Waals surface area contributed by atoms with Gasteiger partial charge in [0, 0.05) is 16.0 Å². The third-order valence-corrected chi connectivity index (χ3v) is 3.19. The summed E-state index contributed by atoms with van der Waals surface area (Å²) in [6.07, 6.45) is 1.31. The second kappa shape index (κ2) is 3.91. The molecule has 0 radical (unpaired) electrons. The number of carbonyl (C=O) groups excluding carboxylic acids is 1. The number of fused-ring (bicyclic) bond motifs is 1. The summed E-state index contributed by atoms with van der Waals surface area (Å²) in [5.74, 6) is 0.661. The molecule has 14 heavy (non-hydrogen) atoms. The number of amides is 1. The first-order chi connectivity index (χ1) is 6.70. The van der Waals surface area contributed by atoms with Crippen LogP contribution in [0.1, 0.15) is 11.1 Å². The molecule has 0 unspecified atom stereocenters. The van der Waals surface area contributed by atoms with Crippen LogP contribution in [0, 0.1) is 0 Å². The number of hydrogen-bond donors (Lipinski definition) is 1. The zero-order chi connectivity index (χ0) is 10.1. The maximum absolute atomic E-state index is 11.1. The van der Waals surface area contributed by atoms with Gasteiger partial charge in [-0.1, -0.05) is 22.0 Å². The first kappa shape index (κ1) is 9.99. The van der Waals surface area contributed by atoms with Crippen molar-refractivity contribution in [3.05, 3.63) is 27.7 Å². The molecule has 2 rings (SSSR count). The summed E-state index contributed by atoms with van der Waals surface area (Å²) >= 11 is 9.15. The number of carbonyl (C=O) groups is 1. The molecule has 0 saturated heterocycles. The van der Waals surface area contributed by atoms with Crippen LogP contribution in [0.4, 0.5) is 5.69 Å². The largest absolute Gasteiger partial charge is 0.325 e. The fraction of sp³-hybridized carbons (Fsp3) is 0.300. The Labute approximate surface area is 95.8 Å². The van der Waals surface area contributed by atoms with E-state index in [2.05, 4.69) is 21.2 Å². The number of anilines is 1. The Kier molecular flexibility index (Phi) is 2.79. The van der Waals surface area contributed by atoms with Crippen molar-refractivity contribution >= 4 is 39.1 Å². The lowest BCUT2D eigenvalue weighted by atomic mass is 10.1. The summed E-state index contributed by atoms with van der Waals surface area (Å²) in [4.78, 5) is 11.1. The van der Waals surface area contributed by atoms with Gasteiger partial charge in [0.1, 0.15) is 0 Å². The molecule has 74 valence electrons. The van der Waals surface area contributed by atoms with E-state index in [9.17, 15) is 4.79 Å². The maximum Gasteiger partial charge on any atom is 0.228 e. The van der Waals surface area contributed by atoms with Gasteiger partial charge in [-0.05, 0) is 23.6 Å². The summed E-state index contributed by atoms with van der Waals surface area (Å²) in [7, 11) is 0. The quantitative estimate of drug-likeness (QED) is 0.826. The van der Waals surface area contributed by atoms with Crippen molar-refractivity contribution in [1.29, 1.82) is 0 Å². The van der Waals surface area contributed by atoms with E-state index in [4.69, 9.17) is 11.6 Å². The summed E-state index contributed by atoms with van der Waals surface area (Å²) < 4.78 is 1.01. The minimum Gasteiger partial charge on any atom is -0.325 e. The Morgan fingerprint density at radius 3 is 3.00 bits per heavy atom. The highest BCUT2D eigenvalue weighted by molar-refractivity contribution is 9.10. The molecule has 0 aliphatic carbocycles. The molecule has 0 bridgehead atoms. The van der Waals surface area contributed by atoms with Gasteiger partial charge in [-0.2, -0.15) is 0 Å². The van der Waals surface area contributed by atoms with Gasteiger partial charge < -0.3 is 5.32 Å². The fourth-order valence-corrected chi connectivity index (χ4v) is 2.34. The smallest absolute Gasteiger partial charge is 0.228 e. The Bertz CT molecular complexity index is 392. The van der Waals surface area contributed by atoms with Crippen LogP contribution in [0.2, 0.25) is 0 Å². The highest BCUT2D eigenvalue weighted by Crippen LogP contribution is 2.30. The molecule has 1 aromatic rings. The van der Waals surface area contributed by atoms with Gasteiger partial charge in [0.2, 0.25) is 5.91 Å². The molecular formula is C10H9BrClNO. The summed E-state index contributed by atoms with van der Waals surface area (Å²) in [5.41, 5.74) is 3.15. The number of nitrogens with one attached hydrogen (secondary N) is 1. The number of alkyl halides is 1. The SMILES string of the molecule is O=C1Cc2cc(CCCl)c(Br)cc2N1. The number of hydrogen-bond acceptors (Lipinski definition) is 1. The average molecular weight is 275 g/mol. The van der Waals surface area contributed by atoms with Crippen molar-refractivity contribution < 1.29 is 4.79 Å². The zero-order valence-electron chi connectivity index (χ0n) is 7.44. The predicted octanol–water partition coefficient (Wildman–Crippen LogP) is 2.73. The van der Waals surface area contributed by atoms with Crippen LogP contribution in [0.3, 0.4) is 0 Å². The summed E-state index contributed by atoms with van der Waals surface area (Å²) in [6.45, 7) is 0. The van der Waals surface area contributed by atoms with E-state index in [-0.39, 0.29) is 5.91 Å². The molecule has 2 nitrogen and oxygen atoms in total. The predicted molar refractivity (Wildman–Crippen MR) is 60.9 cm³/mol. The molecule has 0 spiro atoms. The standard InChI is InChI=1S/C10H9BrClNO/c11-8-5-9-7(4-10(14)13-9)3-6(8)1-2-12/h3,5H,1-2,4H2,(H,13,14). The van der Waals surface area contributed by atoms with Crippen molar-refractivity contribution in [2.75, 3.05) is 11.2 Å². The molecule has 0 saturated carbocycles. The van der Waals surface area contributed by atoms with Crippen molar-refractivity contribution in [1.82, 2.24) is 0 Å². The molecule has 4 heteroatoms. The lowest BCUT2D eigenvalue weighted by molar-refractivity contribution is -0.115. The van der Waals surface area contributed by atoms with Crippen molar-refractivity contribution in [2.24, 2.45) is 0 Å². The van der Waals surface area contributed by atoms with E-state index in [0.29, 0.717) is 12.3 Å². The second-order valence-electron chi connectivity index (χ2n) is 3.26. The van der Waals surface area contributed by atoms with Crippen LogP contribution < -0.4 is 5.32 Å². The molecule has 1 aliphatic rings.